The number of carbonyl (C=O) groups excluding carboxylic acids is 1. The van der Waals surface area contributed by atoms with E-state index in [-0.39, 0.29) is 11.1 Å². The Balaban J connectivity index is 2.68. The molecule has 5 heteroatoms. The second kappa shape index (κ2) is 4.85. The van der Waals surface area contributed by atoms with Crippen LogP contribution >= 0.6 is 22.9 Å². The molecule has 0 bridgehead atoms. The highest BCUT2D eigenvalue weighted by Crippen LogP contribution is 2.23. The Morgan fingerprint density at radius 3 is 2.71 bits per heavy atom. The zero-order valence-corrected chi connectivity index (χ0v) is 10.7. The van der Waals surface area contributed by atoms with E-state index in [1.54, 1.807) is 22.0 Å². The fourth-order valence-corrected chi connectivity index (χ4v) is 2.59. The van der Waals surface area contributed by atoms with E-state index in [2.05, 4.69) is 0 Å². The van der Waals surface area contributed by atoms with Gasteiger partial charge in [0.25, 0.3) is 10.8 Å². The van der Waals surface area contributed by atoms with E-state index in [0.29, 0.717) is 6.54 Å². The molecule has 0 spiro atoms. The molecule has 88 valence electrons. The van der Waals surface area contributed by atoms with Crippen LogP contribution in [-0.4, -0.2) is 9.81 Å². The van der Waals surface area contributed by atoms with E-state index >= 15 is 0 Å². The van der Waals surface area contributed by atoms with Crippen LogP contribution in [0.2, 0.25) is 0 Å². The van der Waals surface area contributed by atoms with E-state index in [1.165, 1.54) is 6.07 Å². The van der Waals surface area contributed by atoms with Crippen molar-refractivity contribution in [3.63, 3.8) is 0 Å². The standard InChI is InChI=1S/C12H10ClNO2S/c1-2-14-9(10-4-3-7-17-10)6-5-8(11(13)15)12(14)16/h3-7H,2H2,1H3. The second-order valence-corrected chi connectivity index (χ2v) is 4.72. The highest BCUT2D eigenvalue weighted by molar-refractivity contribution is 7.13. The molecule has 2 rings (SSSR count). The van der Waals surface area contributed by atoms with Crippen LogP contribution in [0.5, 0.6) is 0 Å². The van der Waals surface area contributed by atoms with Gasteiger partial charge in [-0.3, -0.25) is 9.59 Å². The van der Waals surface area contributed by atoms with Crippen molar-refractivity contribution in [2.45, 2.75) is 13.5 Å². The molecule has 0 saturated carbocycles. The summed E-state index contributed by atoms with van der Waals surface area (Å²) in [5.74, 6) is 0. The molecule has 0 aromatic carbocycles. The fraction of sp³-hybridized carbons (Fsp3) is 0.167. The number of hydrogen-bond acceptors (Lipinski definition) is 3. The van der Waals surface area contributed by atoms with Crippen LogP contribution in [0.15, 0.2) is 34.4 Å². The van der Waals surface area contributed by atoms with Crippen LogP contribution in [0.25, 0.3) is 10.6 Å². The third-order valence-corrected chi connectivity index (χ3v) is 3.57. The van der Waals surface area contributed by atoms with Crippen molar-refractivity contribution < 1.29 is 4.79 Å². The van der Waals surface area contributed by atoms with Gasteiger partial charge >= 0.3 is 0 Å². The van der Waals surface area contributed by atoms with Crippen molar-refractivity contribution in [1.82, 2.24) is 4.57 Å². The van der Waals surface area contributed by atoms with E-state index in [0.717, 1.165) is 10.6 Å². The third kappa shape index (κ3) is 2.18. The summed E-state index contributed by atoms with van der Waals surface area (Å²) < 4.78 is 1.56. The van der Waals surface area contributed by atoms with Crippen LogP contribution in [0.1, 0.15) is 17.3 Å². The smallest absolute Gasteiger partial charge is 0.263 e. The van der Waals surface area contributed by atoms with Crippen LogP contribution < -0.4 is 5.56 Å². The van der Waals surface area contributed by atoms with Gasteiger partial charge in [-0.2, -0.15) is 0 Å². The summed E-state index contributed by atoms with van der Waals surface area (Å²) in [4.78, 5) is 24.1. The summed E-state index contributed by atoms with van der Waals surface area (Å²) in [7, 11) is 0. The lowest BCUT2D eigenvalue weighted by molar-refractivity contribution is 0.107. The van der Waals surface area contributed by atoms with Crippen molar-refractivity contribution in [1.29, 1.82) is 0 Å². The van der Waals surface area contributed by atoms with Gasteiger partial charge in [0.05, 0.1) is 16.1 Å². The number of carbonyl (C=O) groups is 1. The maximum atomic E-state index is 12.0. The average molecular weight is 268 g/mol. The predicted octanol–water partition coefficient (Wildman–Crippen LogP) is 2.98. The Morgan fingerprint density at radius 2 is 2.18 bits per heavy atom. The maximum Gasteiger partial charge on any atom is 0.263 e. The van der Waals surface area contributed by atoms with E-state index in [4.69, 9.17) is 11.6 Å². The molecule has 0 amide bonds. The lowest BCUT2D eigenvalue weighted by atomic mass is 10.2. The summed E-state index contributed by atoms with van der Waals surface area (Å²) in [6, 6.07) is 7.10. The first-order valence-electron chi connectivity index (χ1n) is 5.12. The zero-order chi connectivity index (χ0) is 12.4. The summed E-state index contributed by atoms with van der Waals surface area (Å²) >= 11 is 6.92. The van der Waals surface area contributed by atoms with E-state index < -0.39 is 5.24 Å². The van der Waals surface area contributed by atoms with E-state index in [9.17, 15) is 9.59 Å². The summed E-state index contributed by atoms with van der Waals surface area (Å²) in [6.07, 6.45) is 0. The molecule has 0 N–H and O–H groups in total. The van der Waals surface area contributed by atoms with Gasteiger partial charge in [-0.15, -0.1) is 11.3 Å². The topological polar surface area (TPSA) is 39.1 Å². The first-order valence-corrected chi connectivity index (χ1v) is 6.38. The molecular weight excluding hydrogens is 258 g/mol. The number of pyridine rings is 1. The lowest BCUT2D eigenvalue weighted by Crippen LogP contribution is -2.25. The van der Waals surface area contributed by atoms with Crippen molar-refractivity contribution >= 4 is 28.2 Å². The normalized spacial score (nSPS) is 10.5. The van der Waals surface area contributed by atoms with Crippen LogP contribution in [0.3, 0.4) is 0 Å². The van der Waals surface area contributed by atoms with Gasteiger partial charge in [0.1, 0.15) is 0 Å². The molecule has 2 aromatic heterocycles. The molecule has 0 fully saturated rings. The van der Waals surface area contributed by atoms with Gasteiger partial charge in [-0.05, 0) is 42.1 Å². The number of rotatable bonds is 3. The molecule has 2 aromatic rings. The second-order valence-electron chi connectivity index (χ2n) is 3.43. The number of halogens is 1. The Hall–Kier alpha value is -1.39. The van der Waals surface area contributed by atoms with Crippen molar-refractivity contribution in [2.75, 3.05) is 0 Å². The Labute approximate surface area is 107 Å². The van der Waals surface area contributed by atoms with Crippen LogP contribution in [0, 0.1) is 0 Å². The first-order chi connectivity index (χ1) is 8.15. The van der Waals surface area contributed by atoms with Crippen molar-refractivity contribution in [3.8, 4) is 10.6 Å². The van der Waals surface area contributed by atoms with E-state index in [1.807, 2.05) is 24.4 Å². The molecular formula is C12H10ClNO2S. The molecule has 0 unspecified atom stereocenters. The number of thiophene rings is 1. The fourth-order valence-electron chi connectivity index (χ4n) is 1.68. The first kappa shape index (κ1) is 12.1. The van der Waals surface area contributed by atoms with Gasteiger partial charge in [0, 0.05) is 6.54 Å². The van der Waals surface area contributed by atoms with Crippen molar-refractivity contribution in [3.05, 3.63) is 45.6 Å². The number of aromatic nitrogens is 1. The highest BCUT2D eigenvalue weighted by atomic mass is 35.5. The summed E-state index contributed by atoms with van der Waals surface area (Å²) in [5, 5.41) is 1.23. The molecule has 2 heterocycles. The van der Waals surface area contributed by atoms with Gasteiger partial charge in [0.2, 0.25) is 0 Å². The maximum absolute atomic E-state index is 12.0. The van der Waals surface area contributed by atoms with Crippen LogP contribution in [-0.2, 0) is 6.54 Å². The molecule has 0 saturated heterocycles. The molecule has 0 radical (unpaired) electrons. The Kier molecular flexibility index (Phi) is 3.45. The zero-order valence-electron chi connectivity index (χ0n) is 9.14. The Morgan fingerprint density at radius 1 is 1.41 bits per heavy atom. The lowest BCUT2D eigenvalue weighted by Gasteiger charge is -2.10. The molecule has 0 aliphatic carbocycles. The van der Waals surface area contributed by atoms with Gasteiger partial charge in [0.15, 0.2) is 0 Å². The molecule has 0 aliphatic rings. The molecule has 0 atom stereocenters. The molecule has 17 heavy (non-hydrogen) atoms. The minimum absolute atomic E-state index is 0.0221. The largest absolute Gasteiger partial charge is 0.307 e. The van der Waals surface area contributed by atoms with Crippen LogP contribution in [0.4, 0.5) is 0 Å². The summed E-state index contributed by atoms with van der Waals surface area (Å²) in [5.41, 5.74) is 0.501. The SMILES string of the molecule is CCn1c(-c2cccs2)ccc(C(=O)Cl)c1=O. The summed E-state index contributed by atoms with van der Waals surface area (Å²) in [6.45, 7) is 2.37. The van der Waals surface area contributed by atoms with Crippen molar-refractivity contribution in [2.24, 2.45) is 0 Å². The quantitative estimate of drug-likeness (QED) is 0.802. The average Bonchev–Trinajstić information content (AvgIpc) is 2.81. The highest BCUT2D eigenvalue weighted by Gasteiger charge is 2.13. The predicted molar refractivity (Wildman–Crippen MR) is 69.9 cm³/mol. The molecule has 0 aliphatic heterocycles. The minimum atomic E-state index is -0.713. The van der Waals surface area contributed by atoms with Gasteiger partial charge in [-0.25, -0.2) is 0 Å². The number of nitrogens with zero attached hydrogens (tertiary/aromatic N) is 1. The number of hydrogen-bond donors (Lipinski definition) is 0. The minimum Gasteiger partial charge on any atom is -0.307 e. The van der Waals surface area contributed by atoms with Gasteiger partial charge in [-0.1, -0.05) is 6.07 Å². The monoisotopic (exact) mass is 267 g/mol. The third-order valence-electron chi connectivity index (χ3n) is 2.48. The van der Waals surface area contributed by atoms with Gasteiger partial charge < -0.3 is 4.57 Å². The Bertz CT molecular complexity index is 601. The molecule has 3 nitrogen and oxygen atoms in total.